The van der Waals surface area contributed by atoms with Crippen LogP contribution in [0.25, 0.3) is 11.0 Å². The first-order valence-corrected chi connectivity index (χ1v) is 15.4. The summed E-state index contributed by atoms with van der Waals surface area (Å²) in [5, 5.41) is 18.4. The number of fused-ring (bicyclic) bond motifs is 1. The highest BCUT2D eigenvalue weighted by Gasteiger charge is 2.29. The number of morpholine rings is 1. The van der Waals surface area contributed by atoms with E-state index in [1.807, 2.05) is 46.2 Å². The van der Waals surface area contributed by atoms with Crippen LogP contribution in [0.5, 0.6) is 0 Å². The van der Waals surface area contributed by atoms with Gasteiger partial charge in [0.15, 0.2) is 11.5 Å². The molecule has 2 aliphatic rings. The number of amides is 3. The lowest BCUT2D eigenvalue weighted by Gasteiger charge is -2.37. The van der Waals surface area contributed by atoms with E-state index < -0.39 is 0 Å². The summed E-state index contributed by atoms with van der Waals surface area (Å²) >= 11 is 0. The molecule has 0 saturated carbocycles. The van der Waals surface area contributed by atoms with Crippen molar-refractivity contribution in [1.82, 2.24) is 25.0 Å². The van der Waals surface area contributed by atoms with Crippen molar-refractivity contribution in [3.8, 4) is 0 Å². The number of aromatic amines is 1. The molecule has 4 aromatic rings. The Hall–Kier alpha value is -4.64. The third-order valence-corrected chi connectivity index (χ3v) is 8.33. The first kappa shape index (κ1) is 29.4. The minimum atomic E-state index is -0.177. The number of benzene rings is 2. The topological polar surface area (TPSA) is 128 Å². The van der Waals surface area contributed by atoms with Crippen molar-refractivity contribution in [1.29, 1.82) is 0 Å². The van der Waals surface area contributed by atoms with Gasteiger partial charge in [-0.05, 0) is 73.2 Å². The monoisotopic (exact) mass is 596 g/mol. The standard InChI is InChI=1S/C33H40N8O3/c1-21(2)27-10-9-25(18-22(27)3)37-32(42)23-6-4-7-24(19-23)35-28-11-12-34-30-29(28)31(39-38-30)36-26-8-5-13-41(20-26)33(43)40-14-16-44-17-15-40/h4,6-7,9-12,18-19,21,26H,5,8,13-17,20H2,1-3H3,(H,37,42)(H3,34,35,36,38,39)/t26-/m1/s1. The van der Waals surface area contributed by atoms with Crippen molar-refractivity contribution in [2.24, 2.45) is 0 Å². The number of nitrogens with zero attached hydrogens (tertiary/aromatic N) is 4. The smallest absolute Gasteiger partial charge is 0.320 e. The van der Waals surface area contributed by atoms with Crippen molar-refractivity contribution in [2.75, 3.05) is 55.3 Å². The van der Waals surface area contributed by atoms with Gasteiger partial charge in [-0.25, -0.2) is 9.78 Å². The largest absolute Gasteiger partial charge is 0.378 e. The van der Waals surface area contributed by atoms with E-state index in [1.165, 1.54) is 5.56 Å². The van der Waals surface area contributed by atoms with E-state index in [0.29, 0.717) is 55.8 Å². The molecule has 3 amide bonds. The van der Waals surface area contributed by atoms with E-state index in [2.05, 4.69) is 58.0 Å². The van der Waals surface area contributed by atoms with Gasteiger partial charge < -0.3 is 30.5 Å². The highest BCUT2D eigenvalue weighted by atomic mass is 16.5. The Balaban J connectivity index is 1.16. The highest BCUT2D eigenvalue weighted by molar-refractivity contribution is 6.05. The van der Waals surface area contributed by atoms with Gasteiger partial charge in [-0.3, -0.25) is 9.89 Å². The minimum absolute atomic E-state index is 0.0542. The van der Waals surface area contributed by atoms with Gasteiger partial charge in [0.05, 0.1) is 24.3 Å². The molecule has 4 N–H and O–H groups in total. The van der Waals surface area contributed by atoms with Crippen LogP contribution in [0.15, 0.2) is 54.7 Å². The molecule has 2 saturated heterocycles. The number of nitrogens with one attached hydrogen (secondary N) is 4. The van der Waals surface area contributed by atoms with Crippen LogP contribution >= 0.6 is 0 Å². The lowest BCUT2D eigenvalue weighted by molar-refractivity contribution is 0.0412. The number of aromatic nitrogens is 3. The number of H-pyrrole nitrogens is 1. The van der Waals surface area contributed by atoms with Crippen LogP contribution in [0.1, 0.15) is 54.1 Å². The second kappa shape index (κ2) is 12.9. The van der Waals surface area contributed by atoms with Crippen molar-refractivity contribution in [3.05, 3.63) is 71.4 Å². The van der Waals surface area contributed by atoms with Crippen molar-refractivity contribution in [3.63, 3.8) is 0 Å². The zero-order chi connectivity index (χ0) is 30.6. The molecule has 2 aliphatic heterocycles. The Labute approximate surface area is 257 Å². The molecule has 11 heteroatoms. The molecule has 2 fully saturated rings. The zero-order valence-electron chi connectivity index (χ0n) is 25.5. The second-order valence-electron chi connectivity index (χ2n) is 11.9. The Morgan fingerprint density at radius 3 is 2.66 bits per heavy atom. The number of ether oxygens (including phenoxy) is 1. The molecule has 0 aliphatic carbocycles. The van der Waals surface area contributed by atoms with Crippen LogP contribution in [0.2, 0.25) is 0 Å². The number of aryl methyl sites for hydroxylation is 1. The number of carbonyl (C=O) groups excluding carboxylic acids is 2. The van der Waals surface area contributed by atoms with Gasteiger partial charge in [0.25, 0.3) is 5.91 Å². The Morgan fingerprint density at radius 1 is 1.02 bits per heavy atom. The van der Waals surface area contributed by atoms with Crippen LogP contribution in [0.3, 0.4) is 0 Å². The van der Waals surface area contributed by atoms with E-state index >= 15 is 0 Å². The number of piperidine rings is 1. The van der Waals surface area contributed by atoms with Gasteiger partial charge in [0.1, 0.15) is 0 Å². The molecule has 0 unspecified atom stereocenters. The maximum Gasteiger partial charge on any atom is 0.320 e. The van der Waals surface area contributed by atoms with Gasteiger partial charge in [0, 0.05) is 55.4 Å². The Kier molecular flexibility index (Phi) is 8.65. The second-order valence-corrected chi connectivity index (χ2v) is 11.9. The minimum Gasteiger partial charge on any atom is -0.378 e. The molecular weight excluding hydrogens is 556 g/mol. The lowest BCUT2D eigenvalue weighted by Crippen LogP contribution is -2.53. The predicted molar refractivity (Wildman–Crippen MR) is 173 cm³/mol. The average Bonchev–Trinajstić information content (AvgIpc) is 3.44. The van der Waals surface area contributed by atoms with Crippen molar-refractivity contribution >= 4 is 45.9 Å². The molecule has 230 valence electrons. The van der Waals surface area contributed by atoms with Crippen LogP contribution in [0.4, 0.5) is 27.7 Å². The van der Waals surface area contributed by atoms with Gasteiger partial charge in [-0.1, -0.05) is 26.0 Å². The maximum atomic E-state index is 13.2. The van der Waals surface area contributed by atoms with E-state index in [9.17, 15) is 9.59 Å². The molecular formula is C33H40N8O3. The summed E-state index contributed by atoms with van der Waals surface area (Å²) in [5.41, 5.74) is 5.96. The third-order valence-electron chi connectivity index (χ3n) is 8.33. The van der Waals surface area contributed by atoms with E-state index in [1.54, 1.807) is 12.3 Å². The molecule has 11 nitrogen and oxygen atoms in total. The quantitative estimate of drug-likeness (QED) is 0.215. The van der Waals surface area contributed by atoms with E-state index in [-0.39, 0.29) is 18.0 Å². The van der Waals surface area contributed by atoms with Gasteiger partial charge >= 0.3 is 6.03 Å². The Bertz CT molecular complexity index is 1650. The fourth-order valence-electron chi connectivity index (χ4n) is 6.07. The predicted octanol–water partition coefficient (Wildman–Crippen LogP) is 5.71. The van der Waals surface area contributed by atoms with E-state index in [0.717, 1.165) is 47.4 Å². The molecule has 6 rings (SSSR count). The van der Waals surface area contributed by atoms with Gasteiger partial charge in [-0.2, -0.15) is 5.10 Å². The van der Waals surface area contributed by atoms with Gasteiger partial charge in [-0.15, -0.1) is 0 Å². The number of likely N-dealkylation sites (tertiary alicyclic amines) is 1. The van der Waals surface area contributed by atoms with Crippen molar-refractivity contribution in [2.45, 2.75) is 45.6 Å². The first-order chi connectivity index (χ1) is 21.4. The molecule has 0 bridgehead atoms. The number of pyridine rings is 1. The molecule has 2 aromatic heterocycles. The van der Waals surface area contributed by atoms with Crippen LogP contribution in [-0.2, 0) is 4.74 Å². The maximum absolute atomic E-state index is 13.2. The summed E-state index contributed by atoms with van der Waals surface area (Å²) in [7, 11) is 0. The summed E-state index contributed by atoms with van der Waals surface area (Å²) in [6.07, 6.45) is 3.56. The third kappa shape index (κ3) is 6.47. The first-order valence-electron chi connectivity index (χ1n) is 15.4. The average molecular weight is 597 g/mol. The summed E-state index contributed by atoms with van der Waals surface area (Å²) in [6.45, 7) is 10.2. The number of rotatable bonds is 7. The molecule has 4 heterocycles. The zero-order valence-corrected chi connectivity index (χ0v) is 25.5. The van der Waals surface area contributed by atoms with Gasteiger partial charge in [0.2, 0.25) is 0 Å². The fourth-order valence-corrected chi connectivity index (χ4v) is 6.07. The number of anilines is 4. The molecule has 0 spiro atoms. The number of urea groups is 1. The van der Waals surface area contributed by atoms with Crippen LogP contribution in [-0.4, -0.2) is 82.4 Å². The summed E-state index contributed by atoms with van der Waals surface area (Å²) in [5.74, 6) is 0.926. The summed E-state index contributed by atoms with van der Waals surface area (Å²) in [6, 6.07) is 15.5. The SMILES string of the molecule is Cc1cc(NC(=O)c2cccc(Nc3ccnc4[nH]nc(N[C@@H]5CCCN(C(=O)N6CCOCC6)C5)c34)c2)ccc1C(C)C. The lowest BCUT2D eigenvalue weighted by atomic mass is 9.97. The molecule has 1 atom stereocenters. The summed E-state index contributed by atoms with van der Waals surface area (Å²) in [4.78, 5) is 34.5. The normalized spacial score (nSPS) is 17.1. The number of hydrogen-bond donors (Lipinski definition) is 4. The molecule has 2 aromatic carbocycles. The van der Waals surface area contributed by atoms with Crippen molar-refractivity contribution < 1.29 is 14.3 Å². The summed E-state index contributed by atoms with van der Waals surface area (Å²) < 4.78 is 5.41. The van der Waals surface area contributed by atoms with Crippen LogP contribution in [0, 0.1) is 6.92 Å². The Morgan fingerprint density at radius 2 is 1.86 bits per heavy atom. The highest BCUT2D eigenvalue weighted by Crippen LogP contribution is 2.31. The van der Waals surface area contributed by atoms with Crippen LogP contribution < -0.4 is 16.0 Å². The van der Waals surface area contributed by atoms with E-state index in [4.69, 9.17) is 4.74 Å². The number of hydrogen-bond acceptors (Lipinski definition) is 7. The fraction of sp³-hybridized carbons (Fsp3) is 0.394. The molecule has 0 radical (unpaired) electrons. The number of carbonyl (C=O) groups is 2. The molecule has 44 heavy (non-hydrogen) atoms.